The Kier molecular flexibility index (Phi) is 5.76. The van der Waals surface area contributed by atoms with Crippen molar-refractivity contribution in [3.8, 4) is 6.07 Å². The Balaban J connectivity index is 2.90. The van der Waals surface area contributed by atoms with Gasteiger partial charge in [0.25, 0.3) is 0 Å². The number of halogens is 4. The van der Waals surface area contributed by atoms with E-state index < -0.39 is 52.6 Å². The molecule has 0 fully saturated rings. The first kappa shape index (κ1) is 21.7. The topological polar surface area (TPSA) is 82.3 Å². The van der Waals surface area contributed by atoms with E-state index in [2.05, 4.69) is 5.32 Å². The molecule has 0 aliphatic carbocycles. The summed E-state index contributed by atoms with van der Waals surface area (Å²) in [4.78, 5) is 12.3. The molecule has 5 nitrogen and oxygen atoms in total. The normalized spacial score (nSPS) is 26.4. The van der Waals surface area contributed by atoms with Crippen LogP contribution in [-0.4, -0.2) is 30.3 Å². The van der Waals surface area contributed by atoms with Gasteiger partial charge in [0.1, 0.15) is 5.82 Å². The molecular weight excluding hydrogens is 380 g/mol. The minimum absolute atomic E-state index is 0.151. The summed E-state index contributed by atoms with van der Waals surface area (Å²) in [7, 11) is 1.35. The largest absolute Gasteiger partial charge is 0.481 e. The molecule has 2 N–H and O–H groups in total. The second-order valence-electron chi connectivity index (χ2n) is 6.96. The van der Waals surface area contributed by atoms with Crippen LogP contribution in [0.4, 0.5) is 17.6 Å². The number of nitriles is 1. The number of nitrogens with zero attached hydrogens (tertiary/aromatic N) is 1. The van der Waals surface area contributed by atoms with E-state index in [4.69, 9.17) is 4.74 Å². The van der Waals surface area contributed by atoms with Gasteiger partial charge in [-0.05, 0) is 38.5 Å². The van der Waals surface area contributed by atoms with Gasteiger partial charge in [-0.2, -0.15) is 18.4 Å². The molecule has 0 bridgehead atoms. The van der Waals surface area contributed by atoms with Gasteiger partial charge in [-0.25, -0.2) is 4.39 Å². The lowest BCUT2D eigenvalue weighted by Crippen LogP contribution is -2.60. The Morgan fingerprint density at radius 1 is 1.43 bits per heavy atom. The second kappa shape index (κ2) is 7.43. The first-order valence-electron chi connectivity index (χ1n) is 8.39. The van der Waals surface area contributed by atoms with Crippen LogP contribution in [-0.2, 0) is 15.7 Å². The standard InChI is InChI=1S/C19H20F4N2O3/c1-9-13(8-24)15(12-6-5-11(20)7-14(12)19(21,22)23)18(3,17(26)27)16(25-9)10(2)28-4/h5-7,10,15-16,25H,1-4H3,(H,26,27). The molecule has 152 valence electrons. The number of aliphatic carboxylic acids is 1. The van der Waals surface area contributed by atoms with Crippen molar-refractivity contribution in [3.63, 3.8) is 0 Å². The van der Waals surface area contributed by atoms with E-state index >= 15 is 0 Å². The first-order valence-corrected chi connectivity index (χ1v) is 8.39. The summed E-state index contributed by atoms with van der Waals surface area (Å²) in [6, 6.07) is 2.94. The minimum Gasteiger partial charge on any atom is -0.481 e. The molecule has 4 unspecified atom stereocenters. The number of carbonyl (C=O) groups is 1. The zero-order valence-electron chi connectivity index (χ0n) is 15.7. The van der Waals surface area contributed by atoms with E-state index in [9.17, 15) is 32.7 Å². The Morgan fingerprint density at radius 2 is 2.04 bits per heavy atom. The predicted octanol–water partition coefficient (Wildman–Crippen LogP) is 3.82. The molecular formula is C19H20F4N2O3. The summed E-state index contributed by atoms with van der Waals surface area (Å²) < 4.78 is 59.7. The van der Waals surface area contributed by atoms with Crippen LogP contribution in [0.1, 0.15) is 37.8 Å². The van der Waals surface area contributed by atoms with Crippen molar-refractivity contribution >= 4 is 5.97 Å². The number of rotatable bonds is 4. The number of carboxylic acid groups (broad SMARTS) is 1. The second-order valence-corrected chi connectivity index (χ2v) is 6.96. The fourth-order valence-corrected chi connectivity index (χ4v) is 3.81. The van der Waals surface area contributed by atoms with Gasteiger partial charge in [0, 0.05) is 18.7 Å². The maximum atomic E-state index is 13.6. The average Bonchev–Trinajstić information content (AvgIpc) is 2.61. The molecule has 0 saturated carbocycles. The average molecular weight is 400 g/mol. The Hall–Kier alpha value is -2.60. The van der Waals surface area contributed by atoms with Crippen LogP contribution in [0, 0.1) is 22.6 Å². The van der Waals surface area contributed by atoms with Crippen molar-refractivity contribution in [2.75, 3.05) is 7.11 Å². The molecule has 1 aromatic carbocycles. The van der Waals surface area contributed by atoms with Gasteiger partial charge in [0.2, 0.25) is 0 Å². The van der Waals surface area contributed by atoms with Gasteiger partial charge in [-0.15, -0.1) is 0 Å². The molecule has 1 aliphatic rings. The number of carboxylic acids is 1. The van der Waals surface area contributed by atoms with E-state index in [0.29, 0.717) is 6.07 Å². The monoisotopic (exact) mass is 400 g/mol. The zero-order valence-corrected chi connectivity index (χ0v) is 15.7. The maximum absolute atomic E-state index is 13.6. The third-order valence-corrected chi connectivity index (χ3v) is 5.36. The smallest absolute Gasteiger partial charge is 0.416 e. The van der Waals surface area contributed by atoms with E-state index in [1.54, 1.807) is 6.92 Å². The minimum atomic E-state index is -4.93. The summed E-state index contributed by atoms with van der Waals surface area (Å²) in [5, 5.41) is 22.5. The summed E-state index contributed by atoms with van der Waals surface area (Å²) in [6.45, 7) is 4.33. The number of hydrogen-bond donors (Lipinski definition) is 2. The highest BCUT2D eigenvalue weighted by atomic mass is 19.4. The van der Waals surface area contributed by atoms with Crippen LogP contribution < -0.4 is 5.32 Å². The lowest BCUT2D eigenvalue weighted by atomic mass is 9.61. The Labute approximate surface area is 159 Å². The van der Waals surface area contributed by atoms with Crippen molar-refractivity contribution in [1.29, 1.82) is 5.26 Å². The Morgan fingerprint density at radius 3 is 2.50 bits per heavy atom. The van der Waals surface area contributed by atoms with Crippen molar-refractivity contribution in [2.45, 2.75) is 45.0 Å². The number of allylic oxidation sites excluding steroid dienone is 2. The number of hydrogen-bond acceptors (Lipinski definition) is 4. The van der Waals surface area contributed by atoms with E-state index in [-0.39, 0.29) is 11.3 Å². The molecule has 1 aromatic rings. The van der Waals surface area contributed by atoms with Crippen molar-refractivity contribution in [1.82, 2.24) is 5.32 Å². The van der Waals surface area contributed by atoms with Crippen LogP contribution in [0.25, 0.3) is 0 Å². The fourth-order valence-electron chi connectivity index (χ4n) is 3.81. The van der Waals surface area contributed by atoms with E-state index in [0.717, 1.165) is 12.1 Å². The highest BCUT2D eigenvalue weighted by Crippen LogP contribution is 2.51. The molecule has 1 heterocycles. The molecule has 2 rings (SSSR count). The first-order chi connectivity index (χ1) is 12.9. The quantitative estimate of drug-likeness (QED) is 0.751. The SMILES string of the molecule is COC(C)C1NC(C)=C(C#N)C(c2ccc(F)cc2C(F)(F)F)C1(C)C(=O)O. The van der Waals surface area contributed by atoms with Gasteiger partial charge < -0.3 is 15.2 Å². The molecule has 0 aromatic heterocycles. The molecule has 4 atom stereocenters. The summed E-state index contributed by atoms with van der Waals surface area (Å²) in [6.07, 6.45) is -5.63. The molecule has 1 aliphatic heterocycles. The van der Waals surface area contributed by atoms with Crippen LogP contribution in [0.15, 0.2) is 29.5 Å². The molecule has 28 heavy (non-hydrogen) atoms. The number of methoxy groups -OCH3 is 1. The van der Waals surface area contributed by atoms with Gasteiger partial charge in [-0.1, -0.05) is 6.07 Å². The van der Waals surface area contributed by atoms with Gasteiger partial charge >= 0.3 is 12.1 Å². The summed E-state index contributed by atoms with van der Waals surface area (Å²) >= 11 is 0. The van der Waals surface area contributed by atoms with Gasteiger partial charge in [0.05, 0.1) is 34.8 Å². The third-order valence-electron chi connectivity index (χ3n) is 5.36. The lowest BCUT2D eigenvalue weighted by molar-refractivity contribution is -0.155. The van der Waals surface area contributed by atoms with Crippen LogP contribution >= 0.6 is 0 Å². The Bertz CT molecular complexity index is 860. The zero-order chi connectivity index (χ0) is 21.4. The van der Waals surface area contributed by atoms with Crippen LogP contribution in [0.3, 0.4) is 0 Å². The van der Waals surface area contributed by atoms with E-state index in [1.807, 2.05) is 6.07 Å². The maximum Gasteiger partial charge on any atom is 0.416 e. The van der Waals surface area contributed by atoms with E-state index in [1.165, 1.54) is 21.0 Å². The molecule has 9 heteroatoms. The third kappa shape index (κ3) is 3.44. The van der Waals surface area contributed by atoms with Crippen molar-refractivity contribution in [3.05, 3.63) is 46.4 Å². The summed E-state index contributed by atoms with van der Waals surface area (Å²) in [5.41, 5.74) is -3.56. The number of nitrogens with one attached hydrogen (secondary N) is 1. The van der Waals surface area contributed by atoms with Crippen molar-refractivity contribution in [2.24, 2.45) is 5.41 Å². The number of alkyl halides is 3. The highest BCUT2D eigenvalue weighted by molar-refractivity contribution is 5.79. The molecule has 0 spiro atoms. The molecule has 0 radical (unpaired) electrons. The summed E-state index contributed by atoms with van der Waals surface area (Å²) in [5.74, 6) is -3.98. The molecule has 0 amide bonds. The number of ether oxygens (including phenoxy) is 1. The van der Waals surface area contributed by atoms with Crippen molar-refractivity contribution < 1.29 is 32.2 Å². The lowest BCUT2D eigenvalue weighted by Gasteiger charge is -2.47. The highest BCUT2D eigenvalue weighted by Gasteiger charge is 2.56. The predicted molar refractivity (Wildman–Crippen MR) is 91.6 cm³/mol. The van der Waals surface area contributed by atoms with Crippen LogP contribution in [0.2, 0.25) is 0 Å². The van der Waals surface area contributed by atoms with Gasteiger partial charge in [-0.3, -0.25) is 4.79 Å². The van der Waals surface area contributed by atoms with Gasteiger partial charge in [0.15, 0.2) is 0 Å². The van der Waals surface area contributed by atoms with Crippen LogP contribution in [0.5, 0.6) is 0 Å². The molecule has 0 saturated heterocycles. The number of benzene rings is 1. The fraction of sp³-hybridized carbons (Fsp3) is 0.474.